The summed E-state index contributed by atoms with van der Waals surface area (Å²) in [4.78, 5) is 21.3. The highest BCUT2D eigenvalue weighted by atomic mass is 32.2. The molecule has 0 N–H and O–H groups in total. The molecule has 0 atom stereocenters. The molecule has 0 saturated heterocycles. The van der Waals surface area contributed by atoms with Gasteiger partial charge in [0.2, 0.25) is 0 Å². The van der Waals surface area contributed by atoms with Crippen molar-refractivity contribution in [2.45, 2.75) is 18.0 Å². The Kier molecular flexibility index (Phi) is 4.74. The lowest BCUT2D eigenvalue weighted by Gasteiger charge is -2.13. The van der Waals surface area contributed by atoms with Gasteiger partial charge in [0.1, 0.15) is 18.5 Å². The van der Waals surface area contributed by atoms with Crippen LogP contribution in [0.2, 0.25) is 0 Å². The Morgan fingerprint density at radius 2 is 1.86 bits per heavy atom. The van der Waals surface area contributed by atoms with Crippen molar-refractivity contribution in [1.29, 1.82) is 0 Å². The van der Waals surface area contributed by atoms with E-state index in [2.05, 4.69) is 9.82 Å². The van der Waals surface area contributed by atoms with Gasteiger partial charge in [-0.2, -0.15) is 13.2 Å². The largest absolute Gasteiger partial charge is 0.435 e. The van der Waals surface area contributed by atoms with Crippen molar-refractivity contribution < 1.29 is 26.4 Å². The van der Waals surface area contributed by atoms with Crippen LogP contribution in [0.4, 0.5) is 13.2 Å². The lowest BCUT2D eigenvalue weighted by Crippen LogP contribution is -2.32. The van der Waals surface area contributed by atoms with Crippen LogP contribution in [0.15, 0.2) is 40.0 Å². The number of aryl methyl sites for hydroxylation is 1. The number of halogens is 3. The molecule has 11 heteroatoms. The minimum Gasteiger partial charge on any atom is -0.413 e. The molecule has 1 aromatic carbocycles. The van der Waals surface area contributed by atoms with Crippen molar-refractivity contribution in [2.24, 2.45) is 7.05 Å². The van der Waals surface area contributed by atoms with Gasteiger partial charge >= 0.3 is 11.7 Å². The molecule has 0 aliphatic heterocycles. The van der Waals surface area contributed by atoms with E-state index in [0.29, 0.717) is 6.07 Å². The molecule has 0 unspecified atom stereocenters. The van der Waals surface area contributed by atoms with E-state index >= 15 is 0 Å². The van der Waals surface area contributed by atoms with E-state index in [0.717, 1.165) is 7.11 Å². The van der Waals surface area contributed by atoms with Crippen LogP contribution in [-0.4, -0.2) is 35.6 Å². The topological polar surface area (TPSA) is 83.2 Å². The normalized spacial score (nSPS) is 12.5. The molecule has 0 aliphatic carbocycles. The van der Waals surface area contributed by atoms with Gasteiger partial charge in [-0.15, -0.1) is 4.73 Å². The Morgan fingerprint density at radius 1 is 1.21 bits per heavy atom. The number of imidazole rings is 1. The van der Waals surface area contributed by atoms with Crippen molar-refractivity contribution in [3.8, 4) is 11.4 Å². The van der Waals surface area contributed by atoms with Gasteiger partial charge in [0.25, 0.3) is 0 Å². The van der Waals surface area contributed by atoms with Crippen LogP contribution in [0.25, 0.3) is 22.4 Å². The van der Waals surface area contributed by atoms with E-state index in [9.17, 15) is 26.4 Å². The summed E-state index contributed by atoms with van der Waals surface area (Å²) < 4.78 is 66.1. The highest BCUT2D eigenvalue weighted by Crippen LogP contribution is 2.32. The Labute approximate surface area is 157 Å². The summed E-state index contributed by atoms with van der Waals surface area (Å²) >= 11 is 0. The highest BCUT2D eigenvalue weighted by molar-refractivity contribution is 7.91. The summed E-state index contributed by atoms with van der Waals surface area (Å²) in [6, 6.07) is 6.69. The predicted molar refractivity (Wildman–Crippen MR) is 95.6 cm³/mol. The van der Waals surface area contributed by atoms with Crippen LogP contribution in [-0.2, 0) is 23.1 Å². The van der Waals surface area contributed by atoms with Crippen LogP contribution in [0.1, 0.15) is 12.6 Å². The second-order valence-electron chi connectivity index (χ2n) is 5.94. The molecule has 0 amide bonds. The fourth-order valence-corrected chi connectivity index (χ4v) is 4.06. The quantitative estimate of drug-likeness (QED) is 0.653. The molecule has 28 heavy (non-hydrogen) atoms. The maximum Gasteiger partial charge on any atom is 0.435 e. The number of alkyl halides is 3. The predicted octanol–water partition coefficient (Wildman–Crippen LogP) is 2.27. The van der Waals surface area contributed by atoms with Gasteiger partial charge in [-0.3, -0.25) is 4.79 Å². The van der Waals surface area contributed by atoms with Crippen LogP contribution in [0, 0.1) is 0 Å². The number of sulfone groups is 1. The number of rotatable bonds is 4. The minimum absolute atomic E-state index is 0.0148. The monoisotopic (exact) mass is 415 g/mol. The number of hydrogen-bond donors (Lipinski definition) is 0. The van der Waals surface area contributed by atoms with E-state index in [1.165, 1.54) is 36.7 Å². The third-order valence-electron chi connectivity index (χ3n) is 4.32. The average Bonchev–Trinajstić information content (AvgIpc) is 2.97. The van der Waals surface area contributed by atoms with Crippen molar-refractivity contribution >= 4 is 20.9 Å². The zero-order valence-electron chi connectivity index (χ0n) is 15.1. The maximum atomic E-state index is 13.3. The Bertz CT molecular complexity index is 1230. The first-order valence-corrected chi connectivity index (χ1v) is 9.74. The first-order valence-electron chi connectivity index (χ1n) is 8.09. The molecule has 7 nitrogen and oxygen atoms in total. The Balaban J connectivity index is 2.41. The van der Waals surface area contributed by atoms with Crippen molar-refractivity contribution in [1.82, 2.24) is 14.3 Å². The third-order valence-corrected chi connectivity index (χ3v) is 6.10. The smallest absolute Gasteiger partial charge is 0.413 e. The number of pyridine rings is 1. The summed E-state index contributed by atoms with van der Waals surface area (Å²) in [5.74, 6) is -0.107. The Morgan fingerprint density at radius 3 is 2.43 bits per heavy atom. The van der Waals surface area contributed by atoms with Gasteiger partial charge in [-0.1, -0.05) is 19.1 Å². The number of nitrogens with zero attached hydrogens (tertiary/aromatic N) is 3. The average molecular weight is 415 g/mol. The SMILES string of the molecule is CCS(=O)(=O)c1ccccc1-c1nc2cc(C(F)(F)F)n(OC)c(=O)c2n1C. The van der Waals surface area contributed by atoms with E-state index in [1.807, 2.05) is 0 Å². The van der Waals surface area contributed by atoms with Crippen LogP contribution >= 0.6 is 0 Å². The van der Waals surface area contributed by atoms with Gasteiger partial charge in [0, 0.05) is 12.6 Å². The van der Waals surface area contributed by atoms with Crippen molar-refractivity contribution in [2.75, 3.05) is 12.9 Å². The lowest BCUT2D eigenvalue weighted by molar-refractivity contribution is -0.151. The number of hydrogen-bond acceptors (Lipinski definition) is 5. The fraction of sp³-hybridized carbons (Fsp3) is 0.294. The summed E-state index contributed by atoms with van der Waals surface area (Å²) in [7, 11) is -1.25. The number of fused-ring (bicyclic) bond motifs is 1. The van der Waals surface area contributed by atoms with Crippen LogP contribution in [0.5, 0.6) is 0 Å². The molecule has 0 aliphatic rings. The van der Waals surface area contributed by atoms with Gasteiger partial charge < -0.3 is 9.40 Å². The van der Waals surface area contributed by atoms with E-state index in [4.69, 9.17) is 0 Å². The summed E-state index contributed by atoms with van der Waals surface area (Å²) in [6.07, 6.45) is -4.84. The third kappa shape index (κ3) is 3.05. The number of benzene rings is 1. The van der Waals surface area contributed by atoms with Gasteiger partial charge in [-0.05, 0) is 18.2 Å². The summed E-state index contributed by atoms with van der Waals surface area (Å²) in [5, 5.41) is 0. The van der Waals surface area contributed by atoms with E-state index in [1.54, 1.807) is 6.07 Å². The first-order chi connectivity index (χ1) is 13.0. The maximum absolute atomic E-state index is 13.3. The highest BCUT2D eigenvalue weighted by Gasteiger charge is 2.37. The lowest BCUT2D eigenvalue weighted by atomic mass is 10.2. The summed E-state index contributed by atoms with van der Waals surface area (Å²) in [5.41, 5.74) is -2.53. The molecular weight excluding hydrogens is 399 g/mol. The van der Waals surface area contributed by atoms with E-state index in [-0.39, 0.29) is 37.8 Å². The summed E-state index contributed by atoms with van der Waals surface area (Å²) in [6.45, 7) is 1.48. The van der Waals surface area contributed by atoms with E-state index < -0.39 is 27.3 Å². The molecule has 0 fully saturated rings. The molecule has 0 spiro atoms. The van der Waals surface area contributed by atoms with Crippen molar-refractivity contribution in [3.05, 3.63) is 46.4 Å². The minimum atomic E-state index is -4.84. The Hall–Kier alpha value is -2.82. The second-order valence-corrected chi connectivity index (χ2v) is 8.18. The van der Waals surface area contributed by atoms with Crippen LogP contribution < -0.4 is 10.4 Å². The zero-order chi connectivity index (χ0) is 20.9. The first kappa shape index (κ1) is 19.9. The molecule has 2 heterocycles. The molecule has 0 radical (unpaired) electrons. The molecule has 2 aromatic heterocycles. The van der Waals surface area contributed by atoms with Crippen molar-refractivity contribution in [3.63, 3.8) is 0 Å². The van der Waals surface area contributed by atoms with Gasteiger partial charge in [-0.25, -0.2) is 13.4 Å². The second kappa shape index (κ2) is 6.66. The fourth-order valence-electron chi connectivity index (χ4n) is 2.96. The molecule has 3 rings (SSSR count). The van der Waals surface area contributed by atoms with Gasteiger partial charge in [0.05, 0.1) is 16.2 Å². The molecule has 0 saturated carbocycles. The molecule has 0 bridgehead atoms. The van der Waals surface area contributed by atoms with Crippen LogP contribution in [0.3, 0.4) is 0 Å². The standard InChI is InChI=1S/C17H16F3N3O4S/c1-4-28(25,26)12-8-6-5-7-10(12)15-21-11-9-13(17(18,19)20)23(27-3)16(24)14(11)22(15)2/h5-9H,4H2,1-3H3. The zero-order valence-corrected chi connectivity index (χ0v) is 15.9. The molecular formula is C17H16F3N3O4S. The van der Waals surface area contributed by atoms with Gasteiger partial charge in [0.15, 0.2) is 15.5 Å². The number of aromatic nitrogens is 3. The molecule has 150 valence electrons. The molecule has 3 aromatic rings.